The van der Waals surface area contributed by atoms with Gasteiger partial charge in [0, 0.05) is 23.9 Å². The van der Waals surface area contributed by atoms with E-state index in [9.17, 15) is 24.3 Å². The number of pyridine rings is 1. The smallest absolute Gasteiger partial charge is 0.253 e. The van der Waals surface area contributed by atoms with E-state index in [0.717, 1.165) is 9.78 Å². The second-order valence-electron chi connectivity index (χ2n) is 7.08. The van der Waals surface area contributed by atoms with Gasteiger partial charge in [0.15, 0.2) is 11.9 Å². The van der Waals surface area contributed by atoms with Crippen LogP contribution in [0.15, 0.2) is 41.5 Å². The van der Waals surface area contributed by atoms with E-state index < -0.39 is 29.2 Å². The summed E-state index contributed by atoms with van der Waals surface area (Å²) < 4.78 is 1.59. The number of hydrogen-bond donors (Lipinski definition) is 2. The molecule has 0 spiro atoms. The van der Waals surface area contributed by atoms with Crippen molar-refractivity contribution in [3.63, 3.8) is 0 Å². The molecule has 1 saturated heterocycles. The van der Waals surface area contributed by atoms with Crippen LogP contribution in [0.5, 0.6) is 0 Å². The van der Waals surface area contributed by atoms with Crippen molar-refractivity contribution in [3.8, 4) is 0 Å². The highest BCUT2D eigenvalue weighted by molar-refractivity contribution is 8.00. The number of aryl methyl sites for hydroxylation is 1. The number of carboxylic acid groups (broad SMARTS) is 1. The zero-order valence-corrected chi connectivity index (χ0v) is 18.0. The number of nitrogens with zero attached hydrogens (tertiary/aromatic N) is 2. The number of carbonyl (C=O) groups excluding carboxylic acids is 4. The summed E-state index contributed by atoms with van der Waals surface area (Å²) in [4.78, 5) is 50.4. The lowest BCUT2D eigenvalue weighted by atomic mass is 10.0. The van der Waals surface area contributed by atoms with E-state index >= 15 is 0 Å². The summed E-state index contributed by atoms with van der Waals surface area (Å²) in [5.41, 5.74) is 6.28. The van der Waals surface area contributed by atoms with Gasteiger partial charge < -0.3 is 21.0 Å². The predicted octanol–water partition coefficient (Wildman–Crippen LogP) is -0.996. The third-order valence-electron chi connectivity index (χ3n) is 5.10. The Morgan fingerprint density at radius 3 is 2.74 bits per heavy atom. The first-order valence-electron chi connectivity index (χ1n) is 9.31. The van der Waals surface area contributed by atoms with E-state index in [1.54, 1.807) is 23.8 Å². The number of thioether (sulfide) groups is 1. The maximum absolute atomic E-state index is 12.8. The Balaban J connectivity index is 1.58. The zero-order chi connectivity index (χ0) is 22.3. The summed E-state index contributed by atoms with van der Waals surface area (Å²) in [5, 5.41) is 16.0. The molecule has 0 radical (unpaired) electrons. The first kappa shape index (κ1) is 21.1. The Labute approximate surface area is 185 Å². The van der Waals surface area contributed by atoms with Crippen LogP contribution in [0.4, 0.5) is 0 Å². The van der Waals surface area contributed by atoms with Crippen molar-refractivity contribution in [1.29, 1.82) is 0 Å². The molecule has 2 aliphatic heterocycles. The third kappa shape index (κ3) is 3.81. The average molecular weight is 459 g/mol. The lowest BCUT2D eigenvalue weighted by molar-refractivity contribution is -0.589. The number of amides is 3. The summed E-state index contributed by atoms with van der Waals surface area (Å²) in [6.45, 7) is 1.70. The van der Waals surface area contributed by atoms with Crippen molar-refractivity contribution < 1.29 is 28.9 Å². The fourth-order valence-corrected chi connectivity index (χ4v) is 5.69. The van der Waals surface area contributed by atoms with E-state index in [1.165, 1.54) is 29.2 Å². The van der Waals surface area contributed by atoms with Gasteiger partial charge >= 0.3 is 0 Å². The molecule has 2 aromatic rings. The van der Waals surface area contributed by atoms with Crippen molar-refractivity contribution in [2.45, 2.75) is 24.8 Å². The number of carbonyl (C=O) groups is 4. The predicted molar refractivity (Wildman–Crippen MR) is 111 cm³/mol. The standard InChI is InChI=1S/C20H18N4O5S2/c1-10-7-11(17(21)26)4-5-23(10)13-9-31-19-15(18(27)24(19)16(13)20(28)29)22-14(25)8-12-3-2-6-30-12/h2-7,15,19H,8-9H2,1H3,(H3-,21,22,25,26,28,29)/t15-,19-/m1/s1. The fourth-order valence-electron chi connectivity index (χ4n) is 3.64. The zero-order valence-electron chi connectivity index (χ0n) is 16.4. The van der Waals surface area contributed by atoms with Gasteiger partial charge in [0.1, 0.15) is 17.1 Å². The number of rotatable bonds is 6. The number of primary amides is 1. The number of nitrogens with one attached hydrogen (secondary N) is 1. The molecule has 11 heteroatoms. The van der Waals surface area contributed by atoms with Crippen molar-refractivity contribution >= 4 is 52.5 Å². The average Bonchev–Trinajstić information content (AvgIpc) is 3.23. The summed E-state index contributed by atoms with van der Waals surface area (Å²) in [6, 6.07) is 5.91. The van der Waals surface area contributed by atoms with Gasteiger partial charge in [0.25, 0.3) is 5.91 Å². The summed E-state index contributed by atoms with van der Waals surface area (Å²) in [5.74, 6) is -2.60. The van der Waals surface area contributed by atoms with E-state index in [2.05, 4.69) is 5.32 Å². The van der Waals surface area contributed by atoms with Crippen molar-refractivity contribution in [1.82, 2.24) is 10.2 Å². The molecular weight excluding hydrogens is 440 g/mol. The van der Waals surface area contributed by atoms with Gasteiger partial charge in [-0.1, -0.05) is 6.07 Å². The van der Waals surface area contributed by atoms with E-state index in [1.807, 2.05) is 17.5 Å². The molecule has 4 heterocycles. The van der Waals surface area contributed by atoms with Gasteiger partial charge in [0.05, 0.1) is 23.7 Å². The fraction of sp³-hybridized carbons (Fsp3) is 0.250. The molecular formula is C20H18N4O5S2. The van der Waals surface area contributed by atoms with Gasteiger partial charge in [0.2, 0.25) is 17.5 Å². The quantitative estimate of drug-likeness (QED) is 0.421. The van der Waals surface area contributed by atoms with Crippen LogP contribution in [0.25, 0.3) is 5.70 Å². The first-order valence-corrected chi connectivity index (χ1v) is 11.2. The van der Waals surface area contributed by atoms with Crippen LogP contribution in [0, 0.1) is 6.92 Å². The Morgan fingerprint density at radius 2 is 2.13 bits per heavy atom. The van der Waals surface area contributed by atoms with Gasteiger partial charge in [-0.25, -0.2) is 0 Å². The van der Waals surface area contributed by atoms with E-state index in [0.29, 0.717) is 17.0 Å². The summed E-state index contributed by atoms with van der Waals surface area (Å²) in [6.07, 6.45) is 1.70. The Bertz CT molecular complexity index is 1130. The second-order valence-corrected chi connectivity index (χ2v) is 9.22. The highest BCUT2D eigenvalue weighted by Gasteiger charge is 2.54. The van der Waals surface area contributed by atoms with Crippen LogP contribution in [-0.2, 0) is 20.8 Å². The van der Waals surface area contributed by atoms with Crippen molar-refractivity contribution in [2.24, 2.45) is 5.73 Å². The van der Waals surface area contributed by atoms with E-state index in [4.69, 9.17) is 5.73 Å². The van der Waals surface area contributed by atoms with E-state index in [-0.39, 0.29) is 23.8 Å². The van der Waals surface area contributed by atoms with Crippen LogP contribution < -0.4 is 20.7 Å². The normalized spacial score (nSPS) is 20.2. The monoisotopic (exact) mass is 458 g/mol. The molecule has 0 bridgehead atoms. The number of aromatic nitrogens is 1. The molecule has 0 aromatic carbocycles. The Hall–Kier alpha value is -3.18. The number of carboxylic acids is 1. The van der Waals surface area contributed by atoms with Crippen molar-refractivity contribution in [3.05, 3.63) is 57.7 Å². The minimum Gasteiger partial charge on any atom is -0.543 e. The topological polar surface area (TPSA) is 137 Å². The molecule has 0 unspecified atom stereocenters. The van der Waals surface area contributed by atoms with Gasteiger partial charge in [-0.15, -0.1) is 23.1 Å². The largest absolute Gasteiger partial charge is 0.543 e. The highest BCUT2D eigenvalue weighted by Crippen LogP contribution is 2.40. The van der Waals surface area contributed by atoms with Crippen LogP contribution in [0.1, 0.15) is 20.9 Å². The van der Waals surface area contributed by atoms with Gasteiger partial charge in [-0.3, -0.25) is 19.3 Å². The number of aliphatic carboxylic acids is 1. The van der Waals surface area contributed by atoms with Crippen LogP contribution in [-0.4, -0.2) is 45.8 Å². The number of β-lactam (4-membered cyclic amide) rings is 1. The molecule has 4 rings (SSSR count). The molecule has 31 heavy (non-hydrogen) atoms. The highest BCUT2D eigenvalue weighted by atomic mass is 32.2. The number of fused-ring (bicyclic) bond motifs is 1. The molecule has 2 aromatic heterocycles. The second kappa shape index (κ2) is 8.16. The lowest BCUT2D eigenvalue weighted by Gasteiger charge is -2.49. The summed E-state index contributed by atoms with van der Waals surface area (Å²) in [7, 11) is 0. The Morgan fingerprint density at radius 1 is 1.35 bits per heavy atom. The molecule has 9 nitrogen and oxygen atoms in total. The molecule has 2 atom stereocenters. The molecule has 3 amide bonds. The third-order valence-corrected chi connectivity index (χ3v) is 7.24. The van der Waals surface area contributed by atoms with Gasteiger partial charge in [-0.2, -0.15) is 4.57 Å². The Kier molecular flexibility index (Phi) is 5.54. The number of thiophene rings is 1. The first-order chi connectivity index (χ1) is 14.8. The van der Waals surface area contributed by atoms with Gasteiger partial charge in [-0.05, 0) is 11.4 Å². The maximum Gasteiger partial charge on any atom is 0.253 e. The minimum atomic E-state index is -1.48. The van der Waals surface area contributed by atoms with Crippen molar-refractivity contribution in [2.75, 3.05) is 5.75 Å². The van der Waals surface area contributed by atoms with Crippen LogP contribution >= 0.6 is 23.1 Å². The number of nitrogens with two attached hydrogens (primary N) is 1. The molecule has 2 aliphatic rings. The lowest BCUT2D eigenvalue weighted by Crippen LogP contribution is -2.72. The number of hydrogen-bond acceptors (Lipinski definition) is 7. The van der Waals surface area contributed by atoms with Crippen LogP contribution in [0.2, 0.25) is 0 Å². The molecule has 160 valence electrons. The minimum absolute atomic E-state index is 0.161. The molecule has 0 aliphatic carbocycles. The SMILES string of the molecule is Cc1cc(C(N)=O)cc[n+]1C1=C(C(=O)[O-])N2C(=O)[C@@H](NC(=O)Cc3cccs3)[C@H]2SC1. The molecule has 3 N–H and O–H groups in total. The molecule has 1 fully saturated rings. The maximum atomic E-state index is 12.8. The van der Waals surface area contributed by atoms with Crippen LogP contribution in [0.3, 0.4) is 0 Å². The summed E-state index contributed by atoms with van der Waals surface area (Å²) >= 11 is 2.80. The molecule has 0 saturated carbocycles.